The van der Waals surface area contributed by atoms with Gasteiger partial charge in [0.15, 0.2) is 34.3 Å². The van der Waals surface area contributed by atoms with Crippen LogP contribution < -0.4 is 18.6 Å². The van der Waals surface area contributed by atoms with E-state index in [2.05, 4.69) is 115 Å². The molecule has 2 aliphatic rings. The van der Waals surface area contributed by atoms with Gasteiger partial charge in [0.2, 0.25) is 0 Å². The monoisotopic (exact) mass is 714 g/mol. The first kappa shape index (κ1) is 33.8. The Labute approximate surface area is 317 Å². The molecule has 1 unspecified atom stereocenters. The molecule has 8 nitrogen and oxygen atoms in total. The van der Waals surface area contributed by atoms with E-state index in [9.17, 15) is 0 Å². The fraction of sp³-hybridized carbons (Fsp3) is 0.261. The number of fused-ring (bicyclic) bond motifs is 2. The summed E-state index contributed by atoms with van der Waals surface area (Å²) in [6.07, 6.45) is 17.8. The van der Waals surface area contributed by atoms with Crippen LogP contribution in [0.4, 0.5) is 0 Å². The Morgan fingerprint density at radius 3 is 2.13 bits per heavy atom. The SMILES string of the molecule is COc1ccccc1-[n+]1cc(-c2ccccn2)n2c1CCC(COc1ccccc1-[n+]1cc(-c3ccc(-c4cccnc4)cc3)n3c1CCCCC3)CC2. The van der Waals surface area contributed by atoms with Crippen LogP contribution in [0.3, 0.4) is 0 Å². The summed E-state index contributed by atoms with van der Waals surface area (Å²) in [5.41, 5.74) is 9.02. The van der Waals surface area contributed by atoms with E-state index < -0.39 is 0 Å². The average molecular weight is 715 g/mol. The van der Waals surface area contributed by atoms with Crippen molar-refractivity contribution in [2.75, 3.05) is 13.7 Å². The smallest absolute Gasteiger partial charge is 0.262 e. The zero-order valence-corrected chi connectivity index (χ0v) is 30.8. The van der Waals surface area contributed by atoms with Gasteiger partial charge in [0.1, 0.15) is 18.1 Å². The van der Waals surface area contributed by atoms with E-state index in [1.165, 1.54) is 47.7 Å². The molecule has 0 amide bonds. The van der Waals surface area contributed by atoms with Gasteiger partial charge in [-0.1, -0.05) is 48.5 Å². The Morgan fingerprint density at radius 2 is 1.35 bits per heavy atom. The van der Waals surface area contributed by atoms with Gasteiger partial charge in [-0.3, -0.25) is 9.97 Å². The molecule has 6 heterocycles. The number of ether oxygens (including phenoxy) is 2. The van der Waals surface area contributed by atoms with Gasteiger partial charge in [-0.25, -0.2) is 9.13 Å². The second-order valence-corrected chi connectivity index (χ2v) is 14.4. The molecule has 1 atom stereocenters. The van der Waals surface area contributed by atoms with Gasteiger partial charge in [-0.05, 0) is 104 Å². The van der Waals surface area contributed by atoms with E-state index >= 15 is 0 Å². The summed E-state index contributed by atoms with van der Waals surface area (Å²) in [4.78, 5) is 9.07. The normalized spacial score (nSPS) is 15.5. The van der Waals surface area contributed by atoms with Crippen molar-refractivity contribution in [3.63, 3.8) is 0 Å². The van der Waals surface area contributed by atoms with E-state index in [1.54, 1.807) is 7.11 Å². The fourth-order valence-electron chi connectivity index (χ4n) is 8.31. The second kappa shape index (κ2) is 15.1. The summed E-state index contributed by atoms with van der Waals surface area (Å²) in [6.45, 7) is 2.57. The first-order valence-electron chi connectivity index (χ1n) is 19.3. The van der Waals surface area contributed by atoms with Crippen LogP contribution in [0.15, 0.2) is 134 Å². The lowest BCUT2D eigenvalue weighted by Crippen LogP contribution is -2.35. The number of hydrogen-bond acceptors (Lipinski definition) is 4. The van der Waals surface area contributed by atoms with Crippen LogP contribution in [-0.4, -0.2) is 32.8 Å². The maximum Gasteiger partial charge on any atom is 0.262 e. The maximum absolute atomic E-state index is 6.85. The molecular formula is C46H46N6O2+2. The number of methoxy groups -OCH3 is 1. The number of rotatable bonds is 9. The molecule has 54 heavy (non-hydrogen) atoms. The van der Waals surface area contributed by atoms with Crippen LogP contribution >= 0.6 is 0 Å². The van der Waals surface area contributed by atoms with Gasteiger partial charge >= 0.3 is 0 Å². The summed E-state index contributed by atoms with van der Waals surface area (Å²) in [5.74, 6) is 4.78. The van der Waals surface area contributed by atoms with E-state index in [-0.39, 0.29) is 0 Å². The van der Waals surface area contributed by atoms with Gasteiger partial charge in [0.05, 0.1) is 33.2 Å². The lowest BCUT2D eigenvalue weighted by molar-refractivity contribution is -0.604. The highest BCUT2D eigenvalue weighted by molar-refractivity contribution is 5.68. The molecule has 9 rings (SSSR count). The van der Waals surface area contributed by atoms with Crippen molar-refractivity contribution in [2.45, 2.75) is 58.0 Å². The van der Waals surface area contributed by atoms with Gasteiger partial charge in [-0.15, -0.1) is 0 Å². The van der Waals surface area contributed by atoms with Crippen LogP contribution in [0.5, 0.6) is 11.5 Å². The van der Waals surface area contributed by atoms with Crippen molar-refractivity contribution in [2.24, 2.45) is 5.92 Å². The Hall–Kier alpha value is -6.02. The number of hydrogen-bond donors (Lipinski definition) is 0. The molecule has 0 aliphatic carbocycles. The topological polar surface area (TPSA) is 61.9 Å². The molecule has 2 aliphatic heterocycles. The Balaban J connectivity index is 0.990. The molecule has 4 aromatic heterocycles. The lowest BCUT2D eigenvalue weighted by atomic mass is 10.0. The number of pyridine rings is 2. The highest BCUT2D eigenvalue weighted by Crippen LogP contribution is 2.32. The molecule has 0 saturated carbocycles. The van der Waals surface area contributed by atoms with E-state index in [0.717, 1.165) is 78.6 Å². The summed E-state index contributed by atoms with van der Waals surface area (Å²) in [6, 6.07) is 36.0. The van der Waals surface area contributed by atoms with Crippen LogP contribution in [0.1, 0.15) is 43.8 Å². The molecule has 270 valence electrons. The zero-order chi connectivity index (χ0) is 36.3. The maximum atomic E-state index is 6.85. The Bertz CT molecular complexity index is 2370. The molecule has 0 N–H and O–H groups in total. The Morgan fingerprint density at radius 1 is 0.630 bits per heavy atom. The summed E-state index contributed by atoms with van der Waals surface area (Å²) >= 11 is 0. The van der Waals surface area contributed by atoms with E-state index in [1.807, 2.05) is 42.9 Å². The predicted molar refractivity (Wildman–Crippen MR) is 210 cm³/mol. The van der Waals surface area contributed by atoms with Crippen LogP contribution in [-0.2, 0) is 25.9 Å². The molecule has 0 spiro atoms. The number of benzene rings is 3. The minimum Gasteiger partial charge on any atom is -0.492 e. The third-order valence-corrected chi connectivity index (χ3v) is 11.1. The van der Waals surface area contributed by atoms with E-state index in [4.69, 9.17) is 14.5 Å². The number of para-hydroxylation sites is 4. The highest BCUT2D eigenvalue weighted by atomic mass is 16.5. The first-order valence-corrected chi connectivity index (χ1v) is 19.3. The largest absolute Gasteiger partial charge is 0.492 e. The third-order valence-electron chi connectivity index (χ3n) is 11.1. The van der Waals surface area contributed by atoms with E-state index in [0.29, 0.717) is 12.5 Å². The van der Waals surface area contributed by atoms with Crippen molar-refractivity contribution in [3.8, 4) is 56.6 Å². The number of aromatic nitrogens is 6. The molecule has 0 radical (unpaired) electrons. The minimum atomic E-state index is 0.394. The first-order chi connectivity index (χ1) is 26.7. The van der Waals surface area contributed by atoms with Gasteiger partial charge in [0, 0.05) is 30.6 Å². The number of imidazole rings is 2. The van der Waals surface area contributed by atoms with Crippen molar-refractivity contribution in [1.29, 1.82) is 0 Å². The molecule has 0 bridgehead atoms. The molecule has 8 heteroatoms. The highest BCUT2D eigenvalue weighted by Gasteiger charge is 2.32. The Kier molecular flexibility index (Phi) is 9.48. The minimum absolute atomic E-state index is 0.394. The molecule has 0 saturated heterocycles. The van der Waals surface area contributed by atoms with Crippen LogP contribution in [0.25, 0.3) is 45.1 Å². The molecule has 0 fully saturated rings. The van der Waals surface area contributed by atoms with Crippen molar-refractivity contribution >= 4 is 0 Å². The fourth-order valence-corrected chi connectivity index (χ4v) is 8.31. The average Bonchev–Trinajstić information content (AvgIpc) is 3.57. The molecule has 7 aromatic rings. The summed E-state index contributed by atoms with van der Waals surface area (Å²) < 4.78 is 22.4. The number of nitrogens with zero attached hydrogens (tertiary/aromatic N) is 6. The van der Waals surface area contributed by atoms with Crippen molar-refractivity contribution in [1.82, 2.24) is 19.1 Å². The second-order valence-electron chi connectivity index (χ2n) is 14.4. The van der Waals surface area contributed by atoms with Crippen LogP contribution in [0, 0.1) is 5.92 Å². The van der Waals surface area contributed by atoms with Gasteiger partial charge in [0.25, 0.3) is 11.6 Å². The third kappa shape index (κ3) is 6.57. The zero-order valence-electron chi connectivity index (χ0n) is 30.8. The summed E-state index contributed by atoms with van der Waals surface area (Å²) in [5, 5.41) is 0. The summed E-state index contributed by atoms with van der Waals surface area (Å²) in [7, 11) is 1.74. The van der Waals surface area contributed by atoms with Gasteiger partial charge < -0.3 is 9.47 Å². The van der Waals surface area contributed by atoms with Crippen LogP contribution in [0.2, 0.25) is 0 Å². The van der Waals surface area contributed by atoms with Crippen molar-refractivity contribution < 1.29 is 18.6 Å². The van der Waals surface area contributed by atoms with Gasteiger partial charge in [-0.2, -0.15) is 9.13 Å². The molecular weight excluding hydrogens is 669 g/mol. The van der Waals surface area contributed by atoms with Crippen molar-refractivity contribution in [3.05, 3.63) is 146 Å². The predicted octanol–water partition coefficient (Wildman–Crippen LogP) is 8.40. The quantitative estimate of drug-likeness (QED) is 0.141. The molecule has 3 aromatic carbocycles. The lowest BCUT2D eigenvalue weighted by Gasteiger charge is -2.16. The standard InChI is InChI=1S/C46H46N6O2/c1-53-43-16-6-4-14-39(43)52-32-42(38-13-8-9-27-48-38)50-29-25-34(19-24-46(50)52)33-54-44-17-7-5-15-40(44)51-31-41(49-28-10-2-3-18-45(49)51)36-22-20-35(21-23-36)37-12-11-26-47-30-37/h4-9,11-17,20-23,26-27,30-32,34H,2-3,10,18-19,24-25,28-29,33H2,1H3/q+2.